The molecule has 0 spiro atoms. The largest absolute Gasteiger partial charge is 0.376 e. The van der Waals surface area contributed by atoms with E-state index in [1.54, 1.807) is 16.8 Å². The molecule has 3 heterocycles. The molecular formula is C22H22FN5O2S. The number of fused-ring (bicyclic) bond motifs is 1. The number of hydrogen-bond acceptors (Lipinski definition) is 6. The van der Waals surface area contributed by atoms with Gasteiger partial charge in [0.15, 0.2) is 5.82 Å². The second kappa shape index (κ2) is 8.68. The van der Waals surface area contributed by atoms with Crippen LogP contribution in [0.1, 0.15) is 24.4 Å². The zero-order chi connectivity index (χ0) is 21.2. The van der Waals surface area contributed by atoms with Gasteiger partial charge in [0, 0.05) is 18.7 Å². The minimum absolute atomic E-state index is 0.0584. The van der Waals surface area contributed by atoms with Crippen LogP contribution in [0.3, 0.4) is 0 Å². The molecule has 0 bridgehead atoms. The van der Waals surface area contributed by atoms with Crippen molar-refractivity contribution in [2.24, 2.45) is 0 Å². The third-order valence-electron chi connectivity index (χ3n) is 5.48. The lowest BCUT2D eigenvalue weighted by Gasteiger charge is -2.33. The number of rotatable bonds is 5. The van der Waals surface area contributed by atoms with Crippen LogP contribution in [0.5, 0.6) is 0 Å². The predicted molar refractivity (Wildman–Crippen MR) is 116 cm³/mol. The van der Waals surface area contributed by atoms with E-state index in [0.29, 0.717) is 17.5 Å². The highest BCUT2D eigenvalue weighted by molar-refractivity contribution is 8.00. The minimum atomic E-state index is -0.493. The summed E-state index contributed by atoms with van der Waals surface area (Å²) in [5.74, 6) is 0.229. The van der Waals surface area contributed by atoms with Gasteiger partial charge in [-0.25, -0.2) is 9.07 Å². The molecule has 1 aromatic heterocycles. The highest BCUT2D eigenvalue weighted by Gasteiger charge is 2.38. The third kappa shape index (κ3) is 4.15. The Hall–Kier alpha value is -2.91. The lowest BCUT2D eigenvalue weighted by Crippen LogP contribution is -2.45. The first kappa shape index (κ1) is 20.0. The summed E-state index contributed by atoms with van der Waals surface area (Å²) >= 11 is 1.35. The molecule has 3 atom stereocenters. The van der Waals surface area contributed by atoms with E-state index >= 15 is 0 Å². The number of nitrogens with zero attached hydrogens (tertiary/aromatic N) is 3. The van der Waals surface area contributed by atoms with Crippen molar-refractivity contribution in [3.8, 4) is 11.4 Å². The maximum atomic E-state index is 13.5. The van der Waals surface area contributed by atoms with E-state index in [1.165, 1.54) is 23.9 Å². The summed E-state index contributed by atoms with van der Waals surface area (Å²) in [6.07, 6.45) is 2.03. The van der Waals surface area contributed by atoms with Crippen LogP contribution >= 0.6 is 11.8 Å². The number of nitrogens with one attached hydrogen (secondary N) is 2. The summed E-state index contributed by atoms with van der Waals surface area (Å²) in [7, 11) is 0. The highest BCUT2D eigenvalue weighted by Crippen LogP contribution is 2.38. The van der Waals surface area contributed by atoms with Gasteiger partial charge < -0.3 is 15.5 Å². The van der Waals surface area contributed by atoms with Crippen molar-refractivity contribution in [3.05, 3.63) is 66.0 Å². The Morgan fingerprint density at radius 2 is 2.00 bits per heavy atom. The van der Waals surface area contributed by atoms with E-state index in [-0.39, 0.29) is 23.9 Å². The molecule has 160 valence electrons. The number of amides is 1. The maximum Gasteiger partial charge on any atom is 0.236 e. The zero-order valence-corrected chi connectivity index (χ0v) is 17.5. The number of halogens is 1. The Bertz CT molecular complexity index is 1050. The average molecular weight is 440 g/mol. The molecule has 2 aliphatic heterocycles. The number of ether oxygens (including phenoxy) is 1. The molecule has 1 fully saturated rings. The molecule has 3 aromatic rings. The van der Waals surface area contributed by atoms with Crippen LogP contribution < -0.4 is 10.7 Å². The number of hydrogen-bond donors (Lipinski definition) is 2. The number of thioether (sulfide) groups is 1. The zero-order valence-electron chi connectivity index (χ0n) is 16.7. The van der Waals surface area contributed by atoms with Gasteiger partial charge in [-0.1, -0.05) is 54.2 Å². The third-order valence-corrected chi connectivity index (χ3v) is 6.70. The molecule has 31 heavy (non-hydrogen) atoms. The summed E-state index contributed by atoms with van der Waals surface area (Å²) in [4.78, 5) is 13.1. The number of benzene rings is 2. The van der Waals surface area contributed by atoms with Crippen molar-refractivity contribution in [3.63, 3.8) is 0 Å². The van der Waals surface area contributed by atoms with E-state index in [1.807, 2.05) is 30.3 Å². The van der Waals surface area contributed by atoms with E-state index in [9.17, 15) is 9.18 Å². The van der Waals surface area contributed by atoms with E-state index in [4.69, 9.17) is 4.74 Å². The van der Waals surface area contributed by atoms with E-state index < -0.39 is 5.25 Å². The van der Waals surface area contributed by atoms with Gasteiger partial charge in [0.1, 0.15) is 11.1 Å². The molecule has 9 heteroatoms. The molecule has 7 nitrogen and oxygen atoms in total. The predicted octanol–water partition coefficient (Wildman–Crippen LogP) is 3.14. The monoisotopic (exact) mass is 439 g/mol. The van der Waals surface area contributed by atoms with Crippen molar-refractivity contribution in [2.75, 3.05) is 18.6 Å². The standard InChI is InChI=1S/C22H22FN5O2S/c23-16-10-8-14(9-11-16)18-19(21(29)24-13-17-7-4-12-30-17)31-22-26-25-20(28(22)27-18)15-5-2-1-3-6-15/h1-3,5-6,8-11,17-19,27H,4,7,12-13H2,(H,24,29). The van der Waals surface area contributed by atoms with E-state index in [0.717, 1.165) is 30.6 Å². The first-order chi connectivity index (χ1) is 15.2. The van der Waals surface area contributed by atoms with Crippen molar-refractivity contribution in [1.82, 2.24) is 20.2 Å². The smallest absolute Gasteiger partial charge is 0.236 e. The fraction of sp³-hybridized carbons (Fsp3) is 0.318. The first-order valence-corrected chi connectivity index (χ1v) is 11.2. The molecule has 5 rings (SSSR count). The van der Waals surface area contributed by atoms with Gasteiger partial charge >= 0.3 is 0 Å². The molecular weight excluding hydrogens is 417 g/mol. The van der Waals surface area contributed by atoms with Crippen molar-refractivity contribution < 1.29 is 13.9 Å². The molecule has 0 radical (unpaired) electrons. The SMILES string of the molecule is O=C(NCC1CCCO1)C1Sc2nnc(-c3ccccc3)n2NC1c1ccc(F)cc1. The molecule has 1 amide bonds. The van der Waals surface area contributed by atoms with Gasteiger partial charge in [0.25, 0.3) is 0 Å². The van der Waals surface area contributed by atoms with Gasteiger partial charge in [-0.2, -0.15) is 0 Å². The average Bonchev–Trinajstić information content (AvgIpc) is 3.47. The van der Waals surface area contributed by atoms with Gasteiger partial charge in [-0.3, -0.25) is 4.79 Å². The number of carbonyl (C=O) groups excluding carboxylic acids is 1. The van der Waals surface area contributed by atoms with Gasteiger partial charge in [-0.15, -0.1) is 10.2 Å². The molecule has 0 aliphatic carbocycles. The molecule has 0 saturated carbocycles. The van der Waals surface area contributed by atoms with Gasteiger partial charge in [0.2, 0.25) is 11.1 Å². The van der Waals surface area contributed by atoms with Gasteiger partial charge in [0.05, 0.1) is 12.1 Å². The summed E-state index contributed by atoms with van der Waals surface area (Å²) in [5.41, 5.74) is 5.12. The number of aromatic nitrogens is 3. The molecule has 3 unspecified atom stereocenters. The van der Waals surface area contributed by atoms with Crippen molar-refractivity contribution in [2.45, 2.75) is 35.4 Å². The van der Waals surface area contributed by atoms with Crippen LogP contribution in [0.15, 0.2) is 59.8 Å². The van der Waals surface area contributed by atoms with Crippen LogP contribution in [-0.2, 0) is 9.53 Å². The fourth-order valence-corrected chi connectivity index (χ4v) is 4.97. The Morgan fingerprint density at radius 3 is 2.74 bits per heavy atom. The molecule has 2 N–H and O–H groups in total. The topological polar surface area (TPSA) is 81.1 Å². The second-order valence-electron chi connectivity index (χ2n) is 7.58. The lowest BCUT2D eigenvalue weighted by molar-refractivity contribution is -0.121. The normalized spacial score (nSPS) is 22.5. The highest BCUT2D eigenvalue weighted by atomic mass is 32.2. The Morgan fingerprint density at radius 1 is 1.19 bits per heavy atom. The summed E-state index contributed by atoms with van der Waals surface area (Å²) < 4.78 is 21.0. The lowest BCUT2D eigenvalue weighted by atomic mass is 10.0. The van der Waals surface area contributed by atoms with Crippen LogP contribution in [0.25, 0.3) is 11.4 Å². The maximum absolute atomic E-state index is 13.5. The Balaban J connectivity index is 1.44. The van der Waals surface area contributed by atoms with Crippen molar-refractivity contribution in [1.29, 1.82) is 0 Å². The number of carbonyl (C=O) groups is 1. The summed E-state index contributed by atoms with van der Waals surface area (Å²) in [6.45, 7) is 1.22. The van der Waals surface area contributed by atoms with E-state index in [2.05, 4.69) is 20.9 Å². The molecule has 2 aliphatic rings. The first-order valence-electron chi connectivity index (χ1n) is 10.3. The Kier molecular flexibility index (Phi) is 5.61. The molecule has 2 aromatic carbocycles. The van der Waals surface area contributed by atoms with Crippen LogP contribution in [0, 0.1) is 5.82 Å². The summed E-state index contributed by atoms with van der Waals surface area (Å²) in [6, 6.07) is 15.5. The quantitative estimate of drug-likeness (QED) is 0.636. The van der Waals surface area contributed by atoms with Crippen LogP contribution in [0.4, 0.5) is 4.39 Å². The Labute approximate surface area is 183 Å². The summed E-state index contributed by atoms with van der Waals surface area (Å²) in [5, 5.41) is 11.8. The molecule has 1 saturated heterocycles. The fourth-order valence-electron chi connectivity index (χ4n) is 3.87. The minimum Gasteiger partial charge on any atom is -0.376 e. The van der Waals surface area contributed by atoms with Crippen LogP contribution in [-0.4, -0.2) is 45.3 Å². The van der Waals surface area contributed by atoms with Gasteiger partial charge in [-0.05, 0) is 30.5 Å². The second-order valence-corrected chi connectivity index (χ2v) is 8.69. The van der Waals surface area contributed by atoms with Crippen LogP contribution in [0.2, 0.25) is 0 Å². The van der Waals surface area contributed by atoms with Crippen molar-refractivity contribution >= 4 is 17.7 Å².